The summed E-state index contributed by atoms with van der Waals surface area (Å²) in [6.07, 6.45) is 0.768. The van der Waals surface area contributed by atoms with E-state index in [-0.39, 0.29) is 11.9 Å². The van der Waals surface area contributed by atoms with E-state index in [9.17, 15) is 4.79 Å². The van der Waals surface area contributed by atoms with Gasteiger partial charge in [0.1, 0.15) is 4.33 Å². The highest BCUT2D eigenvalue weighted by atomic mass is 35.5. The van der Waals surface area contributed by atoms with E-state index >= 15 is 0 Å². The lowest BCUT2D eigenvalue weighted by Crippen LogP contribution is -2.19. The summed E-state index contributed by atoms with van der Waals surface area (Å²) >= 11 is 12.2. The van der Waals surface area contributed by atoms with Crippen LogP contribution in [0.15, 0.2) is 66.7 Å². The Kier molecular flexibility index (Phi) is 4.06. The highest BCUT2D eigenvalue weighted by Gasteiger charge is 2.52. The molecule has 1 saturated carbocycles. The molecule has 1 fully saturated rings. The number of hydrogen-bond donors (Lipinski definition) is 2. The smallest absolute Gasteiger partial charge is 0.308 e. The number of anilines is 2. The SMILES string of the molecule is O=C(Nc1ccc([C@@H]2CC2(Cl)Cl)cc1)Nc1cccc2ccccc12. The van der Waals surface area contributed by atoms with Crippen molar-refractivity contribution in [2.24, 2.45) is 0 Å². The Hall–Kier alpha value is -2.23. The molecule has 0 bridgehead atoms. The van der Waals surface area contributed by atoms with Crippen molar-refractivity contribution < 1.29 is 4.79 Å². The third-order valence-electron chi connectivity index (χ3n) is 4.43. The molecule has 0 radical (unpaired) electrons. The van der Waals surface area contributed by atoms with Crippen LogP contribution in [0.3, 0.4) is 0 Å². The predicted molar refractivity (Wildman–Crippen MR) is 105 cm³/mol. The molecule has 2 N–H and O–H groups in total. The fraction of sp³-hybridized carbons (Fsp3) is 0.150. The number of alkyl halides is 2. The molecule has 1 atom stereocenters. The van der Waals surface area contributed by atoms with Crippen molar-refractivity contribution in [3.8, 4) is 0 Å². The van der Waals surface area contributed by atoms with E-state index in [0.717, 1.165) is 34.1 Å². The first kappa shape index (κ1) is 16.2. The summed E-state index contributed by atoms with van der Waals surface area (Å²) < 4.78 is -0.638. The maximum atomic E-state index is 12.3. The molecule has 0 aliphatic heterocycles. The van der Waals surface area contributed by atoms with Crippen LogP contribution >= 0.6 is 23.2 Å². The van der Waals surface area contributed by atoms with Gasteiger partial charge in [0.15, 0.2) is 0 Å². The molecule has 25 heavy (non-hydrogen) atoms. The summed E-state index contributed by atoms with van der Waals surface area (Å²) in [5, 5.41) is 7.84. The summed E-state index contributed by atoms with van der Waals surface area (Å²) in [6.45, 7) is 0. The first-order chi connectivity index (χ1) is 12.0. The molecular formula is C20H16Cl2N2O. The van der Waals surface area contributed by atoms with Crippen LogP contribution in [-0.2, 0) is 0 Å². The molecule has 126 valence electrons. The topological polar surface area (TPSA) is 41.1 Å². The second kappa shape index (κ2) is 6.25. The van der Waals surface area contributed by atoms with Gasteiger partial charge in [-0.1, -0.05) is 48.5 Å². The van der Waals surface area contributed by atoms with Crippen molar-refractivity contribution in [1.82, 2.24) is 0 Å². The van der Waals surface area contributed by atoms with Crippen molar-refractivity contribution in [1.29, 1.82) is 0 Å². The van der Waals surface area contributed by atoms with Gasteiger partial charge in [-0.05, 0) is 35.6 Å². The quantitative estimate of drug-likeness (QED) is 0.533. The predicted octanol–water partition coefficient (Wildman–Crippen LogP) is 6.15. The standard InChI is InChI=1S/C20H16Cl2N2O/c21-20(22)12-17(20)14-8-10-15(11-9-14)23-19(25)24-18-7-3-5-13-4-1-2-6-16(13)18/h1-11,17H,12H2,(H2,23,24,25)/t17-/m0/s1. The molecule has 1 aliphatic carbocycles. The van der Waals surface area contributed by atoms with Crippen LogP contribution in [-0.4, -0.2) is 10.4 Å². The van der Waals surface area contributed by atoms with E-state index in [2.05, 4.69) is 10.6 Å². The summed E-state index contributed by atoms with van der Waals surface area (Å²) in [5.41, 5.74) is 2.58. The normalized spacial score (nSPS) is 17.9. The zero-order chi connectivity index (χ0) is 17.4. The monoisotopic (exact) mass is 370 g/mol. The van der Waals surface area contributed by atoms with Crippen LogP contribution in [0.4, 0.5) is 16.2 Å². The fourth-order valence-corrected chi connectivity index (χ4v) is 3.55. The minimum Gasteiger partial charge on any atom is -0.308 e. The van der Waals surface area contributed by atoms with Crippen LogP contribution < -0.4 is 10.6 Å². The Balaban J connectivity index is 1.45. The molecule has 1 aliphatic rings. The van der Waals surface area contributed by atoms with Crippen molar-refractivity contribution in [2.75, 3.05) is 10.6 Å². The van der Waals surface area contributed by atoms with Crippen LogP contribution in [0, 0.1) is 0 Å². The average Bonchev–Trinajstić information content (AvgIpc) is 3.24. The number of fused-ring (bicyclic) bond motifs is 1. The Morgan fingerprint density at radius 1 is 0.920 bits per heavy atom. The van der Waals surface area contributed by atoms with Crippen molar-refractivity contribution in [3.05, 3.63) is 72.3 Å². The highest BCUT2D eigenvalue weighted by Crippen LogP contribution is 2.59. The van der Waals surface area contributed by atoms with Gasteiger partial charge in [0.25, 0.3) is 0 Å². The van der Waals surface area contributed by atoms with Crippen LogP contribution in [0.1, 0.15) is 17.9 Å². The molecule has 3 aromatic rings. The highest BCUT2D eigenvalue weighted by molar-refractivity contribution is 6.51. The number of carbonyl (C=O) groups is 1. The lowest BCUT2D eigenvalue weighted by Gasteiger charge is -2.10. The number of hydrogen-bond acceptors (Lipinski definition) is 1. The van der Waals surface area contributed by atoms with Gasteiger partial charge in [-0.15, -0.1) is 23.2 Å². The molecule has 0 unspecified atom stereocenters. The van der Waals surface area contributed by atoms with Gasteiger partial charge in [0, 0.05) is 17.0 Å². The maximum Gasteiger partial charge on any atom is 0.323 e. The molecule has 3 aromatic carbocycles. The lowest BCUT2D eigenvalue weighted by atomic mass is 10.1. The number of halogens is 2. The van der Waals surface area contributed by atoms with E-state index in [0.29, 0.717) is 0 Å². The maximum absolute atomic E-state index is 12.3. The van der Waals surface area contributed by atoms with Gasteiger partial charge in [-0.25, -0.2) is 4.79 Å². The average molecular weight is 371 g/mol. The Morgan fingerprint density at radius 3 is 2.32 bits per heavy atom. The number of nitrogens with one attached hydrogen (secondary N) is 2. The van der Waals surface area contributed by atoms with Crippen molar-refractivity contribution in [2.45, 2.75) is 16.7 Å². The van der Waals surface area contributed by atoms with Gasteiger partial charge in [-0.2, -0.15) is 0 Å². The minimum atomic E-state index is -0.638. The summed E-state index contributed by atoms with van der Waals surface area (Å²) in [6, 6.07) is 21.1. The molecule has 0 saturated heterocycles. The minimum absolute atomic E-state index is 0.175. The fourth-order valence-electron chi connectivity index (χ4n) is 2.99. The van der Waals surface area contributed by atoms with Crippen molar-refractivity contribution in [3.63, 3.8) is 0 Å². The zero-order valence-corrected chi connectivity index (χ0v) is 14.8. The third-order valence-corrected chi connectivity index (χ3v) is 5.27. The number of rotatable bonds is 3. The number of carbonyl (C=O) groups excluding carboxylic acids is 1. The third kappa shape index (κ3) is 3.44. The summed E-state index contributed by atoms with van der Waals surface area (Å²) in [5.74, 6) is 0.175. The van der Waals surface area contributed by atoms with Gasteiger partial charge >= 0.3 is 6.03 Å². The molecule has 0 heterocycles. The van der Waals surface area contributed by atoms with E-state index in [1.54, 1.807) is 0 Å². The number of amides is 2. The lowest BCUT2D eigenvalue weighted by molar-refractivity contribution is 0.262. The number of benzene rings is 3. The van der Waals surface area contributed by atoms with E-state index in [4.69, 9.17) is 23.2 Å². The first-order valence-corrected chi connectivity index (χ1v) is 8.82. The Labute approximate surface area is 155 Å². The Morgan fingerprint density at radius 2 is 1.60 bits per heavy atom. The van der Waals surface area contributed by atoms with Gasteiger partial charge in [0.05, 0.1) is 5.69 Å². The Bertz CT molecular complexity index is 933. The largest absolute Gasteiger partial charge is 0.323 e. The molecule has 0 aromatic heterocycles. The molecule has 4 rings (SSSR count). The van der Waals surface area contributed by atoms with E-state index in [1.807, 2.05) is 66.7 Å². The molecule has 5 heteroatoms. The second-order valence-corrected chi connectivity index (χ2v) is 7.79. The summed E-state index contributed by atoms with van der Waals surface area (Å²) in [4.78, 5) is 12.3. The molecule has 2 amide bonds. The zero-order valence-electron chi connectivity index (χ0n) is 13.3. The van der Waals surface area contributed by atoms with Gasteiger partial charge in [-0.3, -0.25) is 0 Å². The molecule has 3 nitrogen and oxygen atoms in total. The van der Waals surface area contributed by atoms with Gasteiger partial charge < -0.3 is 10.6 Å². The van der Waals surface area contributed by atoms with Crippen LogP contribution in [0.2, 0.25) is 0 Å². The van der Waals surface area contributed by atoms with Gasteiger partial charge in [0.2, 0.25) is 0 Å². The van der Waals surface area contributed by atoms with Crippen LogP contribution in [0.25, 0.3) is 10.8 Å². The summed E-state index contributed by atoms with van der Waals surface area (Å²) in [7, 11) is 0. The van der Waals surface area contributed by atoms with Crippen molar-refractivity contribution >= 4 is 51.4 Å². The number of urea groups is 1. The van der Waals surface area contributed by atoms with E-state index in [1.165, 1.54) is 0 Å². The first-order valence-electron chi connectivity index (χ1n) is 8.06. The van der Waals surface area contributed by atoms with Crippen LogP contribution in [0.5, 0.6) is 0 Å². The second-order valence-electron chi connectivity index (χ2n) is 6.25. The molecular weight excluding hydrogens is 355 g/mol. The van der Waals surface area contributed by atoms with E-state index < -0.39 is 4.33 Å². The molecule has 0 spiro atoms.